The smallest absolute Gasteiger partial charge is 0.216 e. The van der Waals surface area contributed by atoms with Crippen LogP contribution in [0.2, 0.25) is 0 Å². The summed E-state index contributed by atoms with van der Waals surface area (Å²) < 4.78 is 0.906. The van der Waals surface area contributed by atoms with E-state index in [0.717, 1.165) is 21.3 Å². The first-order valence-corrected chi connectivity index (χ1v) is 6.59. The maximum absolute atomic E-state index is 12.1. The maximum Gasteiger partial charge on any atom is 0.216 e. The molecule has 0 heterocycles. The van der Waals surface area contributed by atoms with Crippen LogP contribution in [0.5, 0.6) is 0 Å². The van der Waals surface area contributed by atoms with E-state index in [9.17, 15) is 5.21 Å². The SMILES string of the molecule is Cc1ccc(/[N+]([O-])=C/c2ccc3ccccc3c2)cc1. The molecule has 0 aliphatic rings. The van der Waals surface area contributed by atoms with Crippen LogP contribution in [0, 0.1) is 12.1 Å². The molecule has 0 aliphatic carbocycles. The van der Waals surface area contributed by atoms with E-state index in [1.165, 1.54) is 5.39 Å². The highest BCUT2D eigenvalue weighted by atomic mass is 16.5. The van der Waals surface area contributed by atoms with E-state index >= 15 is 0 Å². The fourth-order valence-electron chi connectivity index (χ4n) is 2.19. The molecule has 2 nitrogen and oxygen atoms in total. The molecular weight excluding hydrogens is 246 g/mol. The van der Waals surface area contributed by atoms with E-state index in [1.54, 1.807) is 6.21 Å². The second-order valence-electron chi connectivity index (χ2n) is 4.90. The minimum absolute atomic E-state index is 0.642. The van der Waals surface area contributed by atoms with Crippen molar-refractivity contribution in [1.29, 1.82) is 0 Å². The van der Waals surface area contributed by atoms with Crippen molar-refractivity contribution in [3.8, 4) is 0 Å². The molecule has 2 heteroatoms. The van der Waals surface area contributed by atoms with E-state index in [-0.39, 0.29) is 0 Å². The summed E-state index contributed by atoms with van der Waals surface area (Å²) in [5, 5.41) is 14.4. The van der Waals surface area contributed by atoms with Crippen LogP contribution in [0.1, 0.15) is 11.1 Å². The fourth-order valence-corrected chi connectivity index (χ4v) is 2.19. The molecule has 0 unspecified atom stereocenters. The number of benzene rings is 3. The molecule has 3 aromatic rings. The van der Waals surface area contributed by atoms with Gasteiger partial charge in [-0.2, -0.15) is 4.74 Å². The van der Waals surface area contributed by atoms with Crippen molar-refractivity contribution in [2.75, 3.05) is 0 Å². The van der Waals surface area contributed by atoms with E-state index < -0.39 is 0 Å². The van der Waals surface area contributed by atoms with Crippen LogP contribution in [0.15, 0.2) is 66.7 Å². The summed E-state index contributed by atoms with van der Waals surface area (Å²) in [4.78, 5) is 0. The second-order valence-corrected chi connectivity index (χ2v) is 4.90. The van der Waals surface area contributed by atoms with Gasteiger partial charge in [0, 0.05) is 17.7 Å². The number of aryl methyl sites for hydroxylation is 1. The average molecular weight is 261 g/mol. The maximum atomic E-state index is 12.1. The number of hydrogen-bond donors (Lipinski definition) is 0. The zero-order chi connectivity index (χ0) is 13.9. The Balaban J connectivity index is 1.98. The third-order valence-electron chi connectivity index (χ3n) is 3.33. The van der Waals surface area contributed by atoms with E-state index in [4.69, 9.17) is 0 Å². The lowest BCUT2D eigenvalue weighted by Crippen LogP contribution is -1.98. The van der Waals surface area contributed by atoms with Gasteiger partial charge in [0.25, 0.3) is 0 Å². The van der Waals surface area contributed by atoms with Crippen molar-refractivity contribution in [3.05, 3.63) is 83.1 Å². The molecule has 0 spiro atoms. The first-order valence-electron chi connectivity index (χ1n) is 6.59. The molecule has 0 amide bonds. The van der Waals surface area contributed by atoms with Gasteiger partial charge in [0.15, 0.2) is 6.21 Å². The molecule has 0 atom stereocenters. The molecule has 0 aromatic heterocycles. The second kappa shape index (κ2) is 5.17. The van der Waals surface area contributed by atoms with Gasteiger partial charge in [-0.3, -0.25) is 0 Å². The summed E-state index contributed by atoms with van der Waals surface area (Å²) >= 11 is 0. The Morgan fingerprint density at radius 2 is 1.55 bits per heavy atom. The lowest BCUT2D eigenvalue weighted by atomic mass is 10.1. The summed E-state index contributed by atoms with van der Waals surface area (Å²) in [5.41, 5.74) is 2.69. The first-order chi connectivity index (χ1) is 9.72. The normalized spacial score (nSPS) is 11.8. The first kappa shape index (κ1) is 12.4. The Morgan fingerprint density at radius 3 is 2.30 bits per heavy atom. The van der Waals surface area contributed by atoms with Crippen LogP contribution >= 0.6 is 0 Å². The van der Waals surface area contributed by atoms with Gasteiger partial charge < -0.3 is 5.21 Å². The third-order valence-corrected chi connectivity index (χ3v) is 3.33. The zero-order valence-corrected chi connectivity index (χ0v) is 11.3. The van der Waals surface area contributed by atoms with Crippen molar-refractivity contribution in [2.24, 2.45) is 0 Å². The highest BCUT2D eigenvalue weighted by molar-refractivity contribution is 5.89. The van der Waals surface area contributed by atoms with Crippen molar-refractivity contribution in [3.63, 3.8) is 0 Å². The molecule has 0 radical (unpaired) electrons. The van der Waals surface area contributed by atoms with Gasteiger partial charge in [0.1, 0.15) is 0 Å². The lowest BCUT2D eigenvalue weighted by Gasteiger charge is -2.04. The predicted molar refractivity (Wildman–Crippen MR) is 83.6 cm³/mol. The third kappa shape index (κ3) is 2.54. The van der Waals surface area contributed by atoms with Crippen LogP contribution < -0.4 is 0 Å². The van der Waals surface area contributed by atoms with Crippen LogP contribution in [-0.2, 0) is 0 Å². The monoisotopic (exact) mass is 261 g/mol. The van der Waals surface area contributed by atoms with Gasteiger partial charge in [-0.1, -0.05) is 48.0 Å². The van der Waals surface area contributed by atoms with Crippen molar-refractivity contribution >= 4 is 22.7 Å². The Kier molecular flexibility index (Phi) is 3.21. The minimum Gasteiger partial charge on any atom is -0.618 e. The standard InChI is InChI=1S/C18H15NO/c1-14-6-10-18(11-7-14)19(20)13-15-8-9-16-4-2-3-5-17(16)12-15/h2-13H,1H3/b19-13-. The summed E-state index contributed by atoms with van der Waals surface area (Å²) in [7, 11) is 0. The molecule has 0 N–H and O–H groups in total. The Labute approximate surface area is 118 Å². The summed E-state index contributed by atoms with van der Waals surface area (Å²) in [6.45, 7) is 2.01. The summed E-state index contributed by atoms with van der Waals surface area (Å²) in [6.07, 6.45) is 1.61. The molecular formula is C18H15NO. The quantitative estimate of drug-likeness (QED) is 0.290. The number of fused-ring (bicyclic) bond motifs is 1. The molecule has 20 heavy (non-hydrogen) atoms. The van der Waals surface area contributed by atoms with Crippen LogP contribution in [0.4, 0.5) is 5.69 Å². The van der Waals surface area contributed by atoms with Gasteiger partial charge in [0.05, 0.1) is 0 Å². The number of hydrogen-bond acceptors (Lipinski definition) is 1. The van der Waals surface area contributed by atoms with Gasteiger partial charge in [-0.15, -0.1) is 0 Å². The molecule has 0 saturated heterocycles. The van der Waals surface area contributed by atoms with Gasteiger partial charge in [-0.05, 0) is 29.8 Å². The number of rotatable bonds is 2. The highest BCUT2D eigenvalue weighted by Gasteiger charge is 2.02. The van der Waals surface area contributed by atoms with E-state index in [0.29, 0.717) is 5.69 Å². The lowest BCUT2D eigenvalue weighted by molar-refractivity contribution is -0.354. The van der Waals surface area contributed by atoms with E-state index in [2.05, 4.69) is 6.07 Å². The molecule has 98 valence electrons. The van der Waals surface area contributed by atoms with E-state index in [1.807, 2.05) is 67.6 Å². The predicted octanol–water partition coefficient (Wildman–Crippen LogP) is 4.41. The van der Waals surface area contributed by atoms with Crippen molar-refractivity contribution in [1.82, 2.24) is 0 Å². The summed E-state index contributed by atoms with van der Waals surface area (Å²) in [5.74, 6) is 0. The van der Waals surface area contributed by atoms with Gasteiger partial charge in [-0.25, -0.2) is 0 Å². The Morgan fingerprint density at radius 1 is 0.850 bits per heavy atom. The minimum atomic E-state index is 0.642. The molecule has 0 bridgehead atoms. The Bertz CT molecular complexity index is 773. The van der Waals surface area contributed by atoms with Gasteiger partial charge in [0.2, 0.25) is 5.69 Å². The van der Waals surface area contributed by atoms with Crippen molar-refractivity contribution in [2.45, 2.75) is 6.92 Å². The topological polar surface area (TPSA) is 26.1 Å². The molecule has 3 rings (SSSR count). The zero-order valence-electron chi connectivity index (χ0n) is 11.3. The van der Waals surface area contributed by atoms with Gasteiger partial charge >= 0.3 is 0 Å². The summed E-state index contributed by atoms with van der Waals surface area (Å²) in [6, 6.07) is 21.7. The number of nitrogens with zero attached hydrogens (tertiary/aromatic N) is 1. The molecule has 0 saturated carbocycles. The molecule has 0 aliphatic heterocycles. The highest BCUT2D eigenvalue weighted by Crippen LogP contribution is 2.16. The van der Waals surface area contributed by atoms with Crippen LogP contribution in [-0.4, -0.2) is 11.0 Å². The fraction of sp³-hybridized carbons (Fsp3) is 0.0556. The largest absolute Gasteiger partial charge is 0.618 e. The Hall–Kier alpha value is -2.61. The molecule has 0 fully saturated rings. The van der Waals surface area contributed by atoms with Crippen LogP contribution in [0.3, 0.4) is 0 Å². The molecule has 3 aromatic carbocycles. The van der Waals surface area contributed by atoms with Crippen molar-refractivity contribution < 1.29 is 4.74 Å². The average Bonchev–Trinajstić information content (AvgIpc) is 2.48. The van der Waals surface area contributed by atoms with Crippen LogP contribution in [0.25, 0.3) is 10.8 Å².